The van der Waals surface area contributed by atoms with E-state index in [1.54, 1.807) is 38.2 Å². The molecule has 1 saturated heterocycles. The Bertz CT molecular complexity index is 883. The Morgan fingerprint density at radius 1 is 0.600 bits per heavy atom. The first-order chi connectivity index (χ1) is 14.7. The molecule has 0 aliphatic carbocycles. The van der Waals surface area contributed by atoms with E-state index in [9.17, 15) is 0 Å². The minimum absolute atomic E-state index is 0.515. The first-order valence-electron chi connectivity index (χ1n) is 10.9. The fourth-order valence-electron chi connectivity index (χ4n) is 5.86. The van der Waals surface area contributed by atoms with Crippen molar-refractivity contribution < 1.29 is 28.7 Å². The summed E-state index contributed by atoms with van der Waals surface area (Å²) in [4.78, 5) is 3.37. The molecular formula is C24H32N2O4+2. The molecule has 1 fully saturated rings. The zero-order chi connectivity index (χ0) is 20.8. The van der Waals surface area contributed by atoms with Gasteiger partial charge in [-0.1, -0.05) is 0 Å². The SMILES string of the molecule is COc1cc2c(cc1OC)[C@@H]1C[NH+]3CCc4cc(OC)c(OC)cc4[C@@H]3C[NH+]1CC2. The van der Waals surface area contributed by atoms with Crippen molar-refractivity contribution in [1.82, 2.24) is 0 Å². The monoisotopic (exact) mass is 412 g/mol. The molecule has 3 aliphatic rings. The standard InChI is InChI=1S/C24H30N2O4/c1-27-21-9-15-5-7-25-14-20-18-12-24(30-4)22(28-2)10-16(18)6-8-26(20)13-19(25)17(15)11-23(21)29-3/h9-12,19-20H,5-8,13-14H2,1-4H3/p+2/t19-,20-/m0/s1. The molecule has 3 aliphatic heterocycles. The van der Waals surface area contributed by atoms with Crippen LogP contribution in [-0.2, 0) is 12.8 Å². The Hall–Kier alpha value is -2.44. The predicted octanol–water partition coefficient (Wildman–Crippen LogP) is 0.399. The minimum atomic E-state index is 0.515. The van der Waals surface area contributed by atoms with E-state index >= 15 is 0 Å². The van der Waals surface area contributed by atoms with Crippen molar-refractivity contribution in [2.24, 2.45) is 0 Å². The van der Waals surface area contributed by atoms with E-state index in [1.807, 2.05) is 0 Å². The number of nitrogens with one attached hydrogen (secondary N) is 2. The van der Waals surface area contributed by atoms with E-state index in [0.29, 0.717) is 12.1 Å². The first-order valence-corrected chi connectivity index (χ1v) is 10.9. The van der Waals surface area contributed by atoms with Crippen LogP contribution in [0.4, 0.5) is 0 Å². The van der Waals surface area contributed by atoms with Gasteiger partial charge in [0.2, 0.25) is 0 Å². The molecule has 2 N–H and O–H groups in total. The van der Waals surface area contributed by atoms with Gasteiger partial charge in [0.1, 0.15) is 13.1 Å². The topological polar surface area (TPSA) is 45.8 Å². The summed E-state index contributed by atoms with van der Waals surface area (Å²) in [5, 5.41) is 0. The van der Waals surface area contributed by atoms with Crippen molar-refractivity contribution >= 4 is 0 Å². The molecule has 0 radical (unpaired) electrons. The molecule has 2 aromatic carbocycles. The summed E-state index contributed by atoms with van der Waals surface area (Å²) in [5.41, 5.74) is 5.72. The second-order valence-corrected chi connectivity index (χ2v) is 8.64. The molecule has 6 heteroatoms. The molecule has 4 atom stereocenters. The lowest BCUT2D eigenvalue weighted by molar-refractivity contribution is -1.06. The largest absolute Gasteiger partial charge is 0.493 e. The zero-order valence-corrected chi connectivity index (χ0v) is 18.3. The van der Waals surface area contributed by atoms with Crippen molar-refractivity contribution in [3.05, 3.63) is 46.5 Å². The highest BCUT2D eigenvalue weighted by atomic mass is 16.5. The van der Waals surface area contributed by atoms with Gasteiger partial charge in [0.05, 0.1) is 41.5 Å². The van der Waals surface area contributed by atoms with E-state index in [1.165, 1.54) is 35.3 Å². The number of hydrogen-bond acceptors (Lipinski definition) is 4. The second-order valence-electron chi connectivity index (χ2n) is 8.64. The lowest BCUT2D eigenvalue weighted by Gasteiger charge is -2.46. The van der Waals surface area contributed by atoms with Crippen LogP contribution >= 0.6 is 0 Å². The molecule has 0 aromatic heterocycles. The van der Waals surface area contributed by atoms with E-state index in [4.69, 9.17) is 18.9 Å². The van der Waals surface area contributed by atoms with Crippen LogP contribution in [0.5, 0.6) is 23.0 Å². The lowest BCUT2D eigenvalue weighted by atomic mass is 9.84. The van der Waals surface area contributed by atoms with E-state index in [0.717, 1.165) is 48.9 Å². The molecule has 0 spiro atoms. The normalized spacial score (nSPS) is 26.5. The van der Waals surface area contributed by atoms with Crippen LogP contribution < -0.4 is 28.7 Å². The van der Waals surface area contributed by atoms with Crippen molar-refractivity contribution in [2.45, 2.75) is 24.9 Å². The molecule has 6 nitrogen and oxygen atoms in total. The first kappa shape index (κ1) is 19.5. The Kier molecular flexibility index (Phi) is 4.99. The summed E-state index contributed by atoms with van der Waals surface area (Å²) >= 11 is 0. The molecule has 2 aromatic rings. The van der Waals surface area contributed by atoms with Gasteiger partial charge < -0.3 is 28.7 Å². The third kappa shape index (κ3) is 3.01. The van der Waals surface area contributed by atoms with Crippen LogP contribution in [0, 0.1) is 0 Å². The maximum Gasteiger partial charge on any atom is 0.163 e. The summed E-state index contributed by atoms with van der Waals surface area (Å²) in [5.74, 6) is 3.37. The fourth-order valence-corrected chi connectivity index (χ4v) is 5.86. The average molecular weight is 413 g/mol. The fraction of sp³-hybridized carbons (Fsp3) is 0.500. The van der Waals surface area contributed by atoms with Crippen molar-refractivity contribution in [2.75, 3.05) is 54.6 Å². The van der Waals surface area contributed by atoms with E-state index < -0.39 is 0 Å². The molecule has 160 valence electrons. The van der Waals surface area contributed by atoms with Crippen molar-refractivity contribution in [3.8, 4) is 23.0 Å². The molecule has 3 heterocycles. The predicted molar refractivity (Wildman–Crippen MR) is 113 cm³/mol. The number of methoxy groups -OCH3 is 4. The van der Waals surface area contributed by atoms with Gasteiger partial charge in [0.15, 0.2) is 35.1 Å². The van der Waals surface area contributed by atoms with Gasteiger partial charge in [0.25, 0.3) is 0 Å². The van der Waals surface area contributed by atoms with Crippen LogP contribution in [0.3, 0.4) is 0 Å². The Morgan fingerprint density at radius 3 is 1.33 bits per heavy atom. The summed E-state index contributed by atoms with van der Waals surface area (Å²) in [6, 6.07) is 9.86. The number of fused-ring (bicyclic) bond motifs is 6. The quantitative estimate of drug-likeness (QED) is 0.763. The molecule has 30 heavy (non-hydrogen) atoms. The Labute approximate surface area is 178 Å². The Balaban J connectivity index is 1.48. The number of piperazine rings is 1. The maximum absolute atomic E-state index is 5.62. The van der Waals surface area contributed by atoms with E-state index in [-0.39, 0.29) is 0 Å². The Morgan fingerprint density at radius 2 is 0.967 bits per heavy atom. The number of benzene rings is 2. The van der Waals surface area contributed by atoms with Gasteiger partial charge in [-0.15, -0.1) is 0 Å². The van der Waals surface area contributed by atoms with Gasteiger partial charge in [-0.3, -0.25) is 0 Å². The minimum Gasteiger partial charge on any atom is -0.493 e. The molecular weight excluding hydrogens is 380 g/mol. The third-order valence-electron chi connectivity index (χ3n) is 7.39. The van der Waals surface area contributed by atoms with Gasteiger partial charge in [-0.25, -0.2) is 0 Å². The summed E-state index contributed by atoms with van der Waals surface area (Å²) in [6.07, 6.45) is 2.17. The molecule has 2 unspecified atom stereocenters. The van der Waals surface area contributed by atoms with Crippen LogP contribution in [0.15, 0.2) is 24.3 Å². The smallest absolute Gasteiger partial charge is 0.163 e. The van der Waals surface area contributed by atoms with Crippen molar-refractivity contribution in [3.63, 3.8) is 0 Å². The van der Waals surface area contributed by atoms with Gasteiger partial charge in [0, 0.05) is 24.0 Å². The van der Waals surface area contributed by atoms with Gasteiger partial charge >= 0.3 is 0 Å². The second kappa shape index (κ2) is 7.67. The molecule has 0 amide bonds. The summed E-state index contributed by atoms with van der Waals surface area (Å²) in [7, 11) is 6.88. The number of ether oxygens (including phenoxy) is 4. The number of quaternary nitrogens is 2. The molecule has 5 rings (SSSR count). The van der Waals surface area contributed by atoms with Crippen LogP contribution in [0.1, 0.15) is 34.3 Å². The van der Waals surface area contributed by atoms with Crippen LogP contribution in [-0.4, -0.2) is 54.6 Å². The van der Waals surface area contributed by atoms with Crippen LogP contribution in [0.2, 0.25) is 0 Å². The third-order valence-corrected chi connectivity index (χ3v) is 7.39. The zero-order valence-electron chi connectivity index (χ0n) is 18.3. The average Bonchev–Trinajstić information content (AvgIpc) is 2.80. The highest BCUT2D eigenvalue weighted by Gasteiger charge is 2.46. The lowest BCUT2D eigenvalue weighted by Crippen LogP contribution is -3.29. The van der Waals surface area contributed by atoms with E-state index in [2.05, 4.69) is 24.3 Å². The highest BCUT2D eigenvalue weighted by molar-refractivity contribution is 5.50. The number of hydrogen-bond donors (Lipinski definition) is 2. The van der Waals surface area contributed by atoms with Crippen LogP contribution in [0.25, 0.3) is 0 Å². The number of rotatable bonds is 4. The van der Waals surface area contributed by atoms with Crippen molar-refractivity contribution in [1.29, 1.82) is 0 Å². The molecule has 0 saturated carbocycles. The van der Waals surface area contributed by atoms with Gasteiger partial charge in [-0.05, 0) is 35.4 Å². The summed E-state index contributed by atoms with van der Waals surface area (Å²) in [6.45, 7) is 4.63. The van der Waals surface area contributed by atoms with Gasteiger partial charge in [-0.2, -0.15) is 0 Å². The molecule has 0 bridgehead atoms. The highest BCUT2D eigenvalue weighted by Crippen LogP contribution is 2.36. The maximum atomic E-state index is 5.62. The summed E-state index contributed by atoms with van der Waals surface area (Å²) < 4.78 is 22.3.